The van der Waals surface area contributed by atoms with Crippen LogP contribution in [0.3, 0.4) is 0 Å². The Balaban J connectivity index is 1.63. The quantitative estimate of drug-likeness (QED) is 0.367. The number of thioether (sulfide) groups is 1. The summed E-state index contributed by atoms with van der Waals surface area (Å²) >= 11 is 3.05. The summed E-state index contributed by atoms with van der Waals surface area (Å²) < 4.78 is 4.79. The zero-order chi connectivity index (χ0) is 20.4. The molecule has 1 aromatic heterocycles. The number of hydrogen-bond acceptors (Lipinski definition) is 7. The van der Waals surface area contributed by atoms with E-state index in [0.717, 1.165) is 9.77 Å². The van der Waals surface area contributed by atoms with E-state index in [1.807, 2.05) is 35.9 Å². The van der Waals surface area contributed by atoms with Gasteiger partial charge in [0, 0.05) is 21.8 Å². The van der Waals surface area contributed by atoms with Gasteiger partial charge in [-0.3, -0.25) is 19.7 Å². The number of carbonyl (C=O) groups is 4. The molecule has 0 atom stereocenters. The first-order chi connectivity index (χ1) is 13.5. The molecule has 28 heavy (non-hydrogen) atoms. The number of ether oxygens (including phenoxy) is 1. The minimum Gasteiger partial charge on any atom is -0.456 e. The van der Waals surface area contributed by atoms with Crippen molar-refractivity contribution in [3.05, 3.63) is 52.2 Å². The molecule has 2 rings (SSSR count). The minimum atomic E-state index is -0.740. The summed E-state index contributed by atoms with van der Waals surface area (Å²) in [5.41, 5.74) is 0.519. The number of thiophene rings is 1. The van der Waals surface area contributed by atoms with Crippen molar-refractivity contribution in [2.24, 2.45) is 0 Å². The molecule has 0 fully saturated rings. The predicted molar refractivity (Wildman–Crippen MR) is 107 cm³/mol. The fraction of sp³-hybridized carbons (Fsp3) is 0.263. The lowest BCUT2D eigenvalue weighted by molar-refractivity contribution is -0.148. The molecule has 0 aliphatic heterocycles. The van der Waals surface area contributed by atoms with E-state index < -0.39 is 24.5 Å². The number of rotatable bonds is 9. The highest BCUT2D eigenvalue weighted by atomic mass is 32.2. The number of nitrogens with one attached hydrogen (secondary N) is 2. The second kappa shape index (κ2) is 11.3. The summed E-state index contributed by atoms with van der Waals surface area (Å²) in [5.74, 6) is -1.60. The molecule has 0 aliphatic carbocycles. The Morgan fingerprint density at radius 1 is 1.07 bits per heavy atom. The molecule has 3 amide bonds. The lowest BCUT2D eigenvalue weighted by atomic mass is 10.1. The van der Waals surface area contributed by atoms with Crippen molar-refractivity contribution < 1.29 is 23.9 Å². The Bertz CT molecular complexity index is 819. The molecule has 0 aliphatic rings. The molecule has 2 aromatic rings. The summed E-state index contributed by atoms with van der Waals surface area (Å²) in [5, 5.41) is 6.47. The van der Waals surface area contributed by atoms with Gasteiger partial charge in [0.15, 0.2) is 12.4 Å². The molecule has 2 N–H and O–H groups in total. The smallest absolute Gasteiger partial charge is 0.321 e. The maximum atomic E-state index is 12.1. The predicted octanol–water partition coefficient (Wildman–Crippen LogP) is 3.00. The number of esters is 1. The van der Waals surface area contributed by atoms with Gasteiger partial charge in [-0.2, -0.15) is 0 Å². The molecule has 0 radical (unpaired) electrons. The topological polar surface area (TPSA) is 102 Å². The van der Waals surface area contributed by atoms with Crippen molar-refractivity contribution >= 4 is 46.8 Å². The van der Waals surface area contributed by atoms with Crippen LogP contribution in [0.1, 0.15) is 28.1 Å². The van der Waals surface area contributed by atoms with E-state index in [1.165, 1.54) is 11.3 Å². The Morgan fingerprint density at radius 2 is 1.82 bits per heavy atom. The molecule has 1 heterocycles. The number of amides is 3. The van der Waals surface area contributed by atoms with E-state index in [9.17, 15) is 19.2 Å². The first kappa shape index (κ1) is 21.6. The van der Waals surface area contributed by atoms with E-state index in [-0.39, 0.29) is 18.6 Å². The Hall–Kier alpha value is -2.65. The molecule has 0 spiro atoms. The van der Waals surface area contributed by atoms with Crippen LogP contribution in [-0.2, 0) is 20.9 Å². The fourth-order valence-electron chi connectivity index (χ4n) is 2.14. The van der Waals surface area contributed by atoms with E-state index in [4.69, 9.17) is 4.74 Å². The highest BCUT2D eigenvalue weighted by Gasteiger charge is 2.13. The van der Waals surface area contributed by atoms with E-state index in [2.05, 4.69) is 10.6 Å². The summed E-state index contributed by atoms with van der Waals surface area (Å²) in [7, 11) is 0. The van der Waals surface area contributed by atoms with Crippen molar-refractivity contribution in [2.45, 2.75) is 24.3 Å². The van der Waals surface area contributed by atoms with Crippen molar-refractivity contribution in [2.75, 3.05) is 12.9 Å². The van der Waals surface area contributed by atoms with Gasteiger partial charge in [0.25, 0.3) is 5.91 Å². The largest absolute Gasteiger partial charge is 0.456 e. The molecule has 7 nitrogen and oxygen atoms in total. The normalized spacial score (nSPS) is 10.2. The van der Waals surface area contributed by atoms with Gasteiger partial charge >= 0.3 is 12.0 Å². The van der Waals surface area contributed by atoms with Crippen LogP contribution in [-0.4, -0.2) is 36.6 Å². The Kier molecular flexibility index (Phi) is 8.70. The van der Waals surface area contributed by atoms with Gasteiger partial charge in [-0.15, -0.1) is 23.1 Å². The van der Waals surface area contributed by atoms with Crippen LogP contribution in [0.25, 0.3) is 0 Å². The summed E-state index contributed by atoms with van der Waals surface area (Å²) in [4.78, 5) is 48.9. The highest BCUT2D eigenvalue weighted by molar-refractivity contribution is 7.98. The van der Waals surface area contributed by atoms with Gasteiger partial charge in [-0.25, -0.2) is 4.79 Å². The second-order valence-electron chi connectivity index (χ2n) is 5.62. The summed E-state index contributed by atoms with van der Waals surface area (Å²) in [6.45, 7) is -0.279. The van der Waals surface area contributed by atoms with Crippen LogP contribution >= 0.6 is 23.1 Å². The lowest BCUT2D eigenvalue weighted by Crippen LogP contribution is -2.41. The van der Waals surface area contributed by atoms with Gasteiger partial charge in [0.05, 0.1) is 13.0 Å². The molecule has 9 heteroatoms. The number of benzene rings is 1. The fourth-order valence-corrected chi connectivity index (χ4v) is 3.20. The third-order valence-corrected chi connectivity index (χ3v) is 5.21. The molecular formula is C19H20N2O5S2. The van der Waals surface area contributed by atoms with Gasteiger partial charge < -0.3 is 10.1 Å². The van der Waals surface area contributed by atoms with Crippen molar-refractivity contribution in [1.82, 2.24) is 10.6 Å². The molecule has 0 bridgehead atoms. The van der Waals surface area contributed by atoms with Crippen LogP contribution in [0, 0.1) is 0 Å². The SMILES string of the molecule is CSc1ccc(C(=O)CCC(=O)OCC(=O)NC(=O)NCc2cccs2)cc1. The number of imide groups is 1. The number of ketones is 1. The average Bonchev–Trinajstić information content (AvgIpc) is 3.22. The average molecular weight is 421 g/mol. The Labute approximate surface area is 170 Å². The Morgan fingerprint density at radius 3 is 2.46 bits per heavy atom. The third-order valence-electron chi connectivity index (χ3n) is 3.59. The van der Waals surface area contributed by atoms with Crippen molar-refractivity contribution in [3.8, 4) is 0 Å². The van der Waals surface area contributed by atoms with E-state index in [0.29, 0.717) is 12.1 Å². The lowest BCUT2D eigenvalue weighted by Gasteiger charge is -2.07. The molecule has 1 aromatic carbocycles. The van der Waals surface area contributed by atoms with E-state index in [1.54, 1.807) is 23.9 Å². The molecule has 0 saturated heterocycles. The third kappa shape index (κ3) is 7.53. The monoisotopic (exact) mass is 420 g/mol. The van der Waals surface area contributed by atoms with Crippen LogP contribution in [0.5, 0.6) is 0 Å². The number of hydrogen-bond donors (Lipinski definition) is 2. The number of Topliss-reactive ketones (excluding diaryl/α,β-unsaturated/α-hetero) is 1. The molecule has 148 valence electrons. The minimum absolute atomic E-state index is 0.0135. The maximum absolute atomic E-state index is 12.1. The number of carbonyl (C=O) groups excluding carboxylic acids is 4. The van der Waals surface area contributed by atoms with Crippen LogP contribution in [0.4, 0.5) is 4.79 Å². The van der Waals surface area contributed by atoms with Gasteiger partial charge in [-0.1, -0.05) is 18.2 Å². The standard InChI is InChI=1S/C19H20N2O5S2/c1-27-14-6-4-13(5-7-14)16(22)8-9-18(24)26-12-17(23)21-19(25)20-11-15-3-2-10-28-15/h2-7,10H,8-9,11-12H2,1H3,(H2,20,21,23,25). The van der Waals surface area contributed by atoms with E-state index >= 15 is 0 Å². The highest BCUT2D eigenvalue weighted by Crippen LogP contribution is 2.16. The van der Waals surface area contributed by atoms with Gasteiger partial charge in [0.1, 0.15) is 0 Å². The zero-order valence-electron chi connectivity index (χ0n) is 15.2. The summed E-state index contributed by atoms with van der Waals surface area (Å²) in [6.07, 6.45) is 1.79. The van der Waals surface area contributed by atoms with Crippen molar-refractivity contribution in [3.63, 3.8) is 0 Å². The first-order valence-corrected chi connectivity index (χ1v) is 10.5. The maximum Gasteiger partial charge on any atom is 0.321 e. The molecule has 0 saturated carbocycles. The van der Waals surface area contributed by atoms with Crippen molar-refractivity contribution in [1.29, 1.82) is 0 Å². The molecule has 0 unspecified atom stereocenters. The number of urea groups is 1. The van der Waals surface area contributed by atoms with Gasteiger partial charge in [0.2, 0.25) is 0 Å². The summed E-state index contributed by atoms with van der Waals surface area (Å²) in [6, 6.07) is 10.1. The van der Waals surface area contributed by atoms with Crippen LogP contribution in [0.15, 0.2) is 46.7 Å². The van der Waals surface area contributed by atoms with Gasteiger partial charge in [-0.05, 0) is 29.8 Å². The van der Waals surface area contributed by atoms with Crippen LogP contribution < -0.4 is 10.6 Å². The zero-order valence-corrected chi connectivity index (χ0v) is 16.9. The van der Waals surface area contributed by atoms with Crippen LogP contribution in [0.2, 0.25) is 0 Å². The molecular weight excluding hydrogens is 400 g/mol. The first-order valence-electron chi connectivity index (χ1n) is 8.41. The second-order valence-corrected chi connectivity index (χ2v) is 7.53.